The first-order valence-corrected chi connectivity index (χ1v) is 7.96. The summed E-state index contributed by atoms with van der Waals surface area (Å²) in [7, 11) is 1.86. The summed E-state index contributed by atoms with van der Waals surface area (Å²) in [6.45, 7) is -0.0247. The molecular formula is C17H18ClN5O. The zero-order chi connectivity index (χ0) is 16.9. The number of anilines is 1. The molecule has 0 fully saturated rings. The molecule has 1 atom stereocenters. The molecule has 124 valence electrons. The third-order valence-electron chi connectivity index (χ3n) is 3.61. The lowest BCUT2D eigenvalue weighted by molar-refractivity contribution is 0.273. The van der Waals surface area contributed by atoms with Crippen molar-refractivity contribution in [1.29, 1.82) is 0 Å². The van der Waals surface area contributed by atoms with E-state index in [1.807, 2.05) is 43.6 Å². The van der Waals surface area contributed by atoms with Gasteiger partial charge < -0.3 is 10.4 Å². The molecule has 7 heteroatoms. The molecule has 0 spiro atoms. The van der Waals surface area contributed by atoms with Gasteiger partial charge in [-0.1, -0.05) is 23.7 Å². The number of hydrogen-bond acceptors (Lipinski definition) is 5. The van der Waals surface area contributed by atoms with Gasteiger partial charge in [-0.25, -0.2) is 9.97 Å². The van der Waals surface area contributed by atoms with Crippen molar-refractivity contribution in [2.45, 2.75) is 12.5 Å². The molecule has 2 N–H and O–H groups in total. The van der Waals surface area contributed by atoms with E-state index in [1.165, 1.54) is 0 Å². The highest BCUT2D eigenvalue weighted by atomic mass is 35.5. The largest absolute Gasteiger partial charge is 0.394 e. The Balaban J connectivity index is 1.72. The quantitative estimate of drug-likeness (QED) is 0.719. The maximum Gasteiger partial charge on any atom is 0.223 e. The number of benzene rings is 1. The van der Waals surface area contributed by atoms with E-state index in [2.05, 4.69) is 20.4 Å². The van der Waals surface area contributed by atoms with Crippen LogP contribution in [0.15, 0.2) is 48.9 Å². The molecule has 3 aromatic rings. The fourth-order valence-electron chi connectivity index (χ4n) is 2.39. The van der Waals surface area contributed by atoms with E-state index < -0.39 is 0 Å². The molecule has 0 saturated heterocycles. The second-order valence-electron chi connectivity index (χ2n) is 5.52. The summed E-state index contributed by atoms with van der Waals surface area (Å²) >= 11 is 5.90. The van der Waals surface area contributed by atoms with Gasteiger partial charge in [0.05, 0.1) is 24.5 Å². The standard InChI is InChI=1S/C17H18ClN5O/c1-23-10-13(9-20-23)16-6-7-19-17(22-16)21-15(11-24)8-12-2-4-14(18)5-3-12/h2-7,9-10,15,24H,8,11H2,1H3,(H,19,21,22)/t15-/m0/s1. The fraction of sp³-hybridized carbons (Fsp3) is 0.235. The van der Waals surface area contributed by atoms with Gasteiger partial charge in [-0.2, -0.15) is 5.10 Å². The normalized spacial score (nSPS) is 12.1. The monoisotopic (exact) mass is 343 g/mol. The molecule has 0 saturated carbocycles. The number of aromatic nitrogens is 4. The van der Waals surface area contributed by atoms with Gasteiger partial charge in [-0.05, 0) is 30.2 Å². The van der Waals surface area contributed by atoms with Crippen molar-refractivity contribution in [3.8, 4) is 11.3 Å². The van der Waals surface area contributed by atoms with Crippen LogP contribution < -0.4 is 5.32 Å². The maximum absolute atomic E-state index is 9.64. The Morgan fingerprint density at radius 2 is 2.04 bits per heavy atom. The molecule has 0 bridgehead atoms. The van der Waals surface area contributed by atoms with Crippen molar-refractivity contribution >= 4 is 17.5 Å². The van der Waals surface area contributed by atoms with E-state index in [0.717, 1.165) is 16.8 Å². The second kappa shape index (κ2) is 7.42. The number of halogens is 1. The molecular weight excluding hydrogens is 326 g/mol. The van der Waals surface area contributed by atoms with Crippen LogP contribution in [0.5, 0.6) is 0 Å². The molecule has 0 unspecified atom stereocenters. The highest BCUT2D eigenvalue weighted by Gasteiger charge is 2.11. The van der Waals surface area contributed by atoms with E-state index >= 15 is 0 Å². The Hall–Kier alpha value is -2.44. The van der Waals surface area contributed by atoms with Crippen LogP contribution in [0.3, 0.4) is 0 Å². The SMILES string of the molecule is Cn1cc(-c2ccnc(N[C@H](CO)Cc3ccc(Cl)cc3)n2)cn1. The van der Waals surface area contributed by atoms with Crippen LogP contribution in [0.4, 0.5) is 5.95 Å². The maximum atomic E-state index is 9.64. The molecule has 24 heavy (non-hydrogen) atoms. The first kappa shape index (κ1) is 16.4. The fourth-order valence-corrected chi connectivity index (χ4v) is 2.52. The lowest BCUT2D eigenvalue weighted by atomic mass is 10.1. The summed E-state index contributed by atoms with van der Waals surface area (Å²) in [6, 6.07) is 9.21. The van der Waals surface area contributed by atoms with Gasteiger partial charge >= 0.3 is 0 Å². The molecule has 0 amide bonds. The minimum atomic E-state index is -0.185. The van der Waals surface area contributed by atoms with Crippen molar-refractivity contribution in [1.82, 2.24) is 19.7 Å². The Kier molecular flexibility index (Phi) is 5.08. The Morgan fingerprint density at radius 1 is 1.25 bits per heavy atom. The first-order chi connectivity index (χ1) is 11.6. The number of aliphatic hydroxyl groups is 1. The number of aliphatic hydroxyl groups excluding tert-OH is 1. The van der Waals surface area contributed by atoms with Crippen LogP contribution in [-0.2, 0) is 13.5 Å². The number of nitrogens with one attached hydrogen (secondary N) is 1. The minimum absolute atomic E-state index is 0.0247. The van der Waals surface area contributed by atoms with E-state index in [0.29, 0.717) is 17.4 Å². The molecule has 2 aromatic heterocycles. The summed E-state index contributed by atoms with van der Waals surface area (Å²) in [4.78, 5) is 8.73. The smallest absolute Gasteiger partial charge is 0.223 e. The number of nitrogens with zero attached hydrogens (tertiary/aromatic N) is 4. The molecule has 6 nitrogen and oxygen atoms in total. The molecule has 2 heterocycles. The van der Waals surface area contributed by atoms with Gasteiger partial charge in [-0.15, -0.1) is 0 Å². The zero-order valence-electron chi connectivity index (χ0n) is 13.2. The number of rotatable bonds is 6. The van der Waals surface area contributed by atoms with Crippen molar-refractivity contribution in [3.63, 3.8) is 0 Å². The average molecular weight is 344 g/mol. The predicted octanol–water partition coefficient (Wildman–Crippen LogP) is 2.55. The summed E-state index contributed by atoms with van der Waals surface area (Å²) in [5, 5.41) is 17.7. The van der Waals surface area contributed by atoms with Gasteiger partial charge in [0.25, 0.3) is 0 Å². The third kappa shape index (κ3) is 4.10. The average Bonchev–Trinajstić information content (AvgIpc) is 3.03. The molecule has 0 aliphatic carbocycles. The van der Waals surface area contributed by atoms with Crippen LogP contribution in [0.1, 0.15) is 5.56 Å². The molecule has 0 radical (unpaired) electrons. The highest BCUT2D eigenvalue weighted by Crippen LogP contribution is 2.17. The molecule has 1 aromatic carbocycles. The van der Waals surface area contributed by atoms with Crippen molar-refractivity contribution in [2.24, 2.45) is 7.05 Å². The Morgan fingerprint density at radius 3 is 2.71 bits per heavy atom. The van der Waals surface area contributed by atoms with Crippen LogP contribution >= 0.6 is 11.6 Å². The van der Waals surface area contributed by atoms with Crippen LogP contribution in [0, 0.1) is 0 Å². The first-order valence-electron chi connectivity index (χ1n) is 7.58. The minimum Gasteiger partial charge on any atom is -0.394 e. The van der Waals surface area contributed by atoms with Gasteiger partial charge in [0, 0.05) is 30.0 Å². The second-order valence-corrected chi connectivity index (χ2v) is 5.96. The number of hydrogen-bond donors (Lipinski definition) is 2. The van der Waals surface area contributed by atoms with E-state index in [1.54, 1.807) is 17.1 Å². The predicted molar refractivity (Wildman–Crippen MR) is 93.9 cm³/mol. The zero-order valence-corrected chi connectivity index (χ0v) is 14.0. The van der Waals surface area contributed by atoms with E-state index in [9.17, 15) is 5.11 Å². The van der Waals surface area contributed by atoms with Gasteiger partial charge in [0.15, 0.2) is 0 Å². The Bertz CT molecular complexity index is 803. The van der Waals surface area contributed by atoms with E-state index in [-0.39, 0.29) is 12.6 Å². The number of aryl methyl sites for hydroxylation is 1. The topological polar surface area (TPSA) is 75.9 Å². The van der Waals surface area contributed by atoms with E-state index in [4.69, 9.17) is 11.6 Å². The van der Waals surface area contributed by atoms with Crippen LogP contribution in [0.25, 0.3) is 11.3 Å². The van der Waals surface area contributed by atoms with Crippen LogP contribution in [0.2, 0.25) is 5.02 Å². The van der Waals surface area contributed by atoms with Gasteiger partial charge in [0.1, 0.15) is 0 Å². The molecule has 0 aliphatic rings. The molecule has 0 aliphatic heterocycles. The van der Waals surface area contributed by atoms with Gasteiger partial charge in [-0.3, -0.25) is 4.68 Å². The van der Waals surface area contributed by atoms with Gasteiger partial charge in [0.2, 0.25) is 5.95 Å². The lowest BCUT2D eigenvalue weighted by Gasteiger charge is -2.16. The lowest BCUT2D eigenvalue weighted by Crippen LogP contribution is -2.27. The molecule has 3 rings (SSSR count). The van der Waals surface area contributed by atoms with Crippen molar-refractivity contribution in [3.05, 3.63) is 59.5 Å². The summed E-state index contributed by atoms with van der Waals surface area (Å²) in [5.41, 5.74) is 2.78. The van der Waals surface area contributed by atoms with Crippen LogP contribution in [-0.4, -0.2) is 37.5 Å². The van der Waals surface area contributed by atoms with Crippen molar-refractivity contribution < 1.29 is 5.11 Å². The summed E-state index contributed by atoms with van der Waals surface area (Å²) < 4.78 is 1.72. The summed E-state index contributed by atoms with van der Waals surface area (Å²) in [6.07, 6.45) is 5.98. The Labute approximate surface area is 145 Å². The van der Waals surface area contributed by atoms with Crippen molar-refractivity contribution in [2.75, 3.05) is 11.9 Å². The third-order valence-corrected chi connectivity index (χ3v) is 3.86. The summed E-state index contributed by atoms with van der Waals surface area (Å²) in [5.74, 6) is 0.476. The highest BCUT2D eigenvalue weighted by molar-refractivity contribution is 6.30.